The monoisotopic (exact) mass is 246 g/mol. The van der Waals surface area contributed by atoms with Crippen LogP contribution in [0.4, 0.5) is 0 Å². The lowest BCUT2D eigenvalue weighted by molar-refractivity contribution is -0.132. The summed E-state index contributed by atoms with van der Waals surface area (Å²) >= 11 is 0. The van der Waals surface area contributed by atoms with Crippen molar-refractivity contribution in [3.05, 3.63) is 35.9 Å². The molecule has 0 saturated carbocycles. The number of nitrogens with zero attached hydrogens (tertiary/aromatic N) is 1. The Hall–Kier alpha value is -1.35. The van der Waals surface area contributed by atoms with Gasteiger partial charge >= 0.3 is 0 Å². The lowest BCUT2D eigenvalue weighted by Crippen LogP contribution is -2.42. The Balaban J connectivity index is 1.99. The largest absolute Gasteiger partial charge is 0.338 e. The number of rotatable bonds is 5. The van der Waals surface area contributed by atoms with E-state index >= 15 is 0 Å². The summed E-state index contributed by atoms with van der Waals surface area (Å²) in [6.45, 7) is 4.98. The summed E-state index contributed by atoms with van der Waals surface area (Å²) in [4.78, 5) is 14.5. The van der Waals surface area contributed by atoms with Crippen molar-refractivity contribution in [2.24, 2.45) is 0 Å². The first kappa shape index (κ1) is 13.1. The summed E-state index contributed by atoms with van der Waals surface area (Å²) in [5, 5.41) is 3.34. The molecular formula is C15H22N2O. The molecule has 0 spiro atoms. The maximum atomic E-state index is 12.4. The van der Waals surface area contributed by atoms with Crippen LogP contribution in [0, 0.1) is 0 Å². The molecule has 1 aromatic carbocycles. The summed E-state index contributed by atoms with van der Waals surface area (Å²) in [6.07, 6.45) is 2.63. The number of amides is 1. The molecule has 3 nitrogen and oxygen atoms in total. The van der Waals surface area contributed by atoms with Crippen LogP contribution in [0.25, 0.3) is 0 Å². The molecule has 2 rings (SSSR count). The fourth-order valence-electron chi connectivity index (χ4n) is 2.53. The minimum Gasteiger partial charge on any atom is -0.338 e. The Kier molecular flexibility index (Phi) is 4.76. The second kappa shape index (κ2) is 6.55. The molecular weight excluding hydrogens is 224 g/mol. The van der Waals surface area contributed by atoms with E-state index in [9.17, 15) is 4.79 Å². The molecule has 0 bridgehead atoms. The zero-order chi connectivity index (χ0) is 12.8. The van der Waals surface area contributed by atoms with Crippen molar-refractivity contribution in [2.75, 3.05) is 19.6 Å². The van der Waals surface area contributed by atoms with Crippen LogP contribution in [-0.2, 0) is 11.2 Å². The van der Waals surface area contributed by atoms with Crippen molar-refractivity contribution in [1.82, 2.24) is 10.2 Å². The van der Waals surface area contributed by atoms with E-state index in [1.807, 2.05) is 30.3 Å². The number of carbonyl (C=O) groups is 1. The van der Waals surface area contributed by atoms with E-state index < -0.39 is 0 Å². The topological polar surface area (TPSA) is 32.3 Å². The van der Waals surface area contributed by atoms with Crippen LogP contribution in [0.15, 0.2) is 30.3 Å². The summed E-state index contributed by atoms with van der Waals surface area (Å²) in [5.74, 6) is 0.261. The van der Waals surface area contributed by atoms with Crippen LogP contribution in [0.2, 0.25) is 0 Å². The molecule has 1 saturated heterocycles. The van der Waals surface area contributed by atoms with Crippen molar-refractivity contribution >= 4 is 5.91 Å². The van der Waals surface area contributed by atoms with E-state index in [0.29, 0.717) is 12.5 Å². The number of hydrogen-bond acceptors (Lipinski definition) is 2. The maximum Gasteiger partial charge on any atom is 0.227 e. The van der Waals surface area contributed by atoms with Crippen molar-refractivity contribution in [1.29, 1.82) is 0 Å². The molecule has 1 N–H and O–H groups in total. The summed E-state index contributed by atoms with van der Waals surface area (Å²) < 4.78 is 0. The molecule has 98 valence electrons. The predicted molar refractivity (Wildman–Crippen MR) is 73.4 cm³/mol. The van der Waals surface area contributed by atoms with Crippen LogP contribution in [0.1, 0.15) is 25.3 Å². The number of hydrogen-bond donors (Lipinski definition) is 1. The molecule has 1 atom stereocenters. The molecule has 1 aromatic rings. The first-order chi connectivity index (χ1) is 8.81. The molecule has 1 aliphatic heterocycles. The third kappa shape index (κ3) is 3.33. The van der Waals surface area contributed by atoms with Crippen LogP contribution in [0.3, 0.4) is 0 Å². The van der Waals surface area contributed by atoms with Crippen molar-refractivity contribution in [3.63, 3.8) is 0 Å². The van der Waals surface area contributed by atoms with Gasteiger partial charge in [0.25, 0.3) is 0 Å². The Morgan fingerprint density at radius 2 is 2.17 bits per heavy atom. The van der Waals surface area contributed by atoms with E-state index in [-0.39, 0.29) is 5.91 Å². The fourth-order valence-corrected chi connectivity index (χ4v) is 2.53. The SMILES string of the molecule is CCCN(C(=O)Cc1ccccc1)C1CCNC1. The summed E-state index contributed by atoms with van der Waals surface area (Å²) in [5.41, 5.74) is 1.11. The van der Waals surface area contributed by atoms with Gasteiger partial charge < -0.3 is 10.2 Å². The number of nitrogens with one attached hydrogen (secondary N) is 1. The number of carbonyl (C=O) groups excluding carboxylic acids is 1. The van der Waals surface area contributed by atoms with Crippen LogP contribution in [0.5, 0.6) is 0 Å². The zero-order valence-corrected chi connectivity index (χ0v) is 11.1. The Morgan fingerprint density at radius 3 is 2.78 bits per heavy atom. The first-order valence-electron chi connectivity index (χ1n) is 6.85. The minimum absolute atomic E-state index is 0.261. The Morgan fingerprint density at radius 1 is 1.39 bits per heavy atom. The van der Waals surface area contributed by atoms with E-state index in [4.69, 9.17) is 0 Å². The van der Waals surface area contributed by atoms with Gasteiger partial charge in [-0.25, -0.2) is 0 Å². The average molecular weight is 246 g/mol. The van der Waals surface area contributed by atoms with Gasteiger partial charge in [-0.3, -0.25) is 4.79 Å². The van der Waals surface area contributed by atoms with Gasteiger partial charge in [-0.1, -0.05) is 37.3 Å². The van der Waals surface area contributed by atoms with Gasteiger partial charge in [0, 0.05) is 19.1 Å². The highest BCUT2D eigenvalue weighted by Gasteiger charge is 2.25. The second-order valence-corrected chi connectivity index (χ2v) is 4.90. The van der Waals surface area contributed by atoms with Gasteiger partial charge in [-0.2, -0.15) is 0 Å². The minimum atomic E-state index is 0.261. The molecule has 18 heavy (non-hydrogen) atoms. The predicted octanol–water partition coefficient (Wildman–Crippen LogP) is 1.83. The average Bonchev–Trinajstić information content (AvgIpc) is 2.90. The van der Waals surface area contributed by atoms with Gasteiger partial charge in [0.05, 0.1) is 6.42 Å². The smallest absolute Gasteiger partial charge is 0.227 e. The van der Waals surface area contributed by atoms with Gasteiger partial charge in [0.1, 0.15) is 0 Å². The van der Waals surface area contributed by atoms with E-state index in [2.05, 4.69) is 17.1 Å². The summed E-state index contributed by atoms with van der Waals surface area (Å²) in [6, 6.07) is 10.4. The van der Waals surface area contributed by atoms with E-state index in [1.54, 1.807) is 0 Å². The highest BCUT2D eigenvalue weighted by atomic mass is 16.2. The van der Waals surface area contributed by atoms with Gasteiger partial charge in [0.15, 0.2) is 0 Å². The highest BCUT2D eigenvalue weighted by Crippen LogP contribution is 2.12. The zero-order valence-electron chi connectivity index (χ0n) is 11.1. The molecule has 0 aromatic heterocycles. The quantitative estimate of drug-likeness (QED) is 0.859. The Labute approximate surface area is 109 Å². The standard InChI is InChI=1S/C15H22N2O/c1-2-10-17(14-8-9-16-12-14)15(18)11-13-6-4-3-5-7-13/h3-7,14,16H,2,8-12H2,1H3. The van der Waals surface area contributed by atoms with Crippen LogP contribution in [-0.4, -0.2) is 36.5 Å². The van der Waals surface area contributed by atoms with Crippen LogP contribution >= 0.6 is 0 Å². The maximum absolute atomic E-state index is 12.4. The molecule has 1 heterocycles. The van der Waals surface area contributed by atoms with Crippen molar-refractivity contribution < 1.29 is 4.79 Å². The molecule has 1 aliphatic rings. The van der Waals surface area contributed by atoms with Gasteiger partial charge in [0.2, 0.25) is 5.91 Å². The molecule has 1 amide bonds. The van der Waals surface area contributed by atoms with Crippen LogP contribution < -0.4 is 5.32 Å². The molecule has 0 radical (unpaired) electrons. The molecule has 1 fully saturated rings. The lowest BCUT2D eigenvalue weighted by Gasteiger charge is -2.28. The molecule has 3 heteroatoms. The number of benzene rings is 1. The van der Waals surface area contributed by atoms with Gasteiger partial charge in [-0.05, 0) is 24.9 Å². The lowest BCUT2D eigenvalue weighted by atomic mass is 10.1. The highest BCUT2D eigenvalue weighted by molar-refractivity contribution is 5.79. The second-order valence-electron chi connectivity index (χ2n) is 4.90. The molecule has 1 unspecified atom stereocenters. The van der Waals surface area contributed by atoms with E-state index in [1.165, 1.54) is 0 Å². The Bertz CT molecular complexity index is 371. The summed E-state index contributed by atoms with van der Waals surface area (Å²) in [7, 11) is 0. The third-order valence-electron chi connectivity index (χ3n) is 3.46. The van der Waals surface area contributed by atoms with Crippen molar-refractivity contribution in [3.8, 4) is 0 Å². The van der Waals surface area contributed by atoms with E-state index in [0.717, 1.165) is 38.0 Å². The fraction of sp³-hybridized carbons (Fsp3) is 0.533. The van der Waals surface area contributed by atoms with Gasteiger partial charge in [-0.15, -0.1) is 0 Å². The third-order valence-corrected chi connectivity index (χ3v) is 3.46. The molecule has 0 aliphatic carbocycles. The first-order valence-corrected chi connectivity index (χ1v) is 6.85. The van der Waals surface area contributed by atoms with Crippen molar-refractivity contribution in [2.45, 2.75) is 32.2 Å². The normalized spacial score (nSPS) is 18.8.